The zero-order valence-electron chi connectivity index (χ0n) is 15.1. The fraction of sp³-hybridized carbons (Fsp3) is 0.136. The molecule has 0 bridgehead atoms. The number of rotatable bonds is 8. The Hall–Kier alpha value is -2.98. The zero-order chi connectivity index (χ0) is 18.9. The number of hydrogen-bond donors (Lipinski definition) is 1. The maximum atomic E-state index is 5.98. The van der Waals surface area contributed by atoms with Gasteiger partial charge in [-0.3, -0.25) is 0 Å². The lowest BCUT2D eigenvalue weighted by Gasteiger charge is -2.07. The van der Waals surface area contributed by atoms with Gasteiger partial charge in [0.05, 0.1) is 19.9 Å². The Morgan fingerprint density at radius 1 is 1.00 bits per heavy atom. The predicted octanol–water partition coefficient (Wildman–Crippen LogP) is 5.05. The van der Waals surface area contributed by atoms with Crippen LogP contribution in [0, 0.1) is 0 Å². The maximum Gasteiger partial charge on any atom is 0.123 e. The van der Waals surface area contributed by atoms with Gasteiger partial charge in [-0.15, -0.1) is 0 Å². The van der Waals surface area contributed by atoms with Crippen LogP contribution in [0.4, 0.5) is 0 Å². The van der Waals surface area contributed by atoms with E-state index in [1.165, 1.54) is 0 Å². The molecule has 0 aliphatic heterocycles. The topological polar surface area (TPSA) is 42.8 Å². The van der Waals surface area contributed by atoms with Gasteiger partial charge in [0.25, 0.3) is 0 Å². The average molecular weight is 381 g/mol. The highest BCUT2D eigenvalue weighted by molar-refractivity contribution is 6.30. The average Bonchev–Trinajstić information content (AvgIpc) is 2.71. The summed E-state index contributed by atoms with van der Waals surface area (Å²) in [6, 6.07) is 23.3. The molecule has 3 aromatic carbocycles. The van der Waals surface area contributed by atoms with Gasteiger partial charge in [0.15, 0.2) is 0 Å². The summed E-state index contributed by atoms with van der Waals surface area (Å²) < 4.78 is 11.1. The third-order valence-electron chi connectivity index (χ3n) is 3.94. The molecule has 0 heterocycles. The van der Waals surface area contributed by atoms with Crippen molar-refractivity contribution in [3.63, 3.8) is 0 Å². The lowest BCUT2D eigenvalue weighted by Crippen LogP contribution is -2.06. The molecule has 0 amide bonds. The largest absolute Gasteiger partial charge is 0.496 e. The third kappa shape index (κ3) is 5.76. The number of ether oxygens (including phenoxy) is 2. The molecule has 0 spiro atoms. The van der Waals surface area contributed by atoms with E-state index in [0.717, 1.165) is 28.2 Å². The van der Waals surface area contributed by atoms with Gasteiger partial charge in [-0.05, 0) is 53.6 Å². The molecule has 3 aromatic rings. The summed E-state index contributed by atoms with van der Waals surface area (Å²) in [5.74, 6) is 1.65. The van der Waals surface area contributed by atoms with Crippen molar-refractivity contribution in [2.75, 3.05) is 7.11 Å². The Morgan fingerprint density at radius 3 is 2.59 bits per heavy atom. The van der Waals surface area contributed by atoms with Gasteiger partial charge in [0.1, 0.15) is 18.1 Å². The molecule has 27 heavy (non-hydrogen) atoms. The van der Waals surface area contributed by atoms with Crippen molar-refractivity contribution in [2.45, 2.75) is 13.2 Å². The lowest BCUT2D eigenvalue weighted by atomic mass is 10.2. The summed E-state index contributed by atoms with van der Waals surface area (Å²) in [5, 5.41) is 4.97. The molecule has 0 aliphatic carbocycles. The molecule has 0 fully saturated rings. The second-order valence-electron chi connectivity index (χ2n) is 5.89. The second kappa shape index (κ2) is 9.64. The Labute approximate surface area is 164 Å². The highest BCUT2D eigenvalue weighted by Crippen LogP contribution is 2.17. The van der Waals surface area contributed by atoms with Crippen LogP contribution < -0.4 is 14.9 Å². The molecular formula is C22H21ClN2O2. The van der Waals surface area contributed by atoms with Crippen molar-refractivity contribution in [1.82, 2.24) is 5.43 Å². The van der Waals surface area contributed by atoms with Crippen LogP contribution in [0.2, 0.25) is 5.02 Å². The number of methoxy groups -OCH3 is 1. The van der Waals surface area contributed by atoms with Crippen LogP contribution in [0.1, 0.15) is 16.7 Å². The van der Waals surface area contributed by atoms with Crippen LogP contribution in [0.3, 0.4) is 0 Å². The van der Waals surface area contributed by atoms with Crippen molar-refractivity contribution in [2.24, 2.45) is 5.10 Å². The first-order valence-corrected chi connectivity index (χ1v) is 8.97. The van der Waals surface area contributed by atoms with E-state index in [0.29, 0.717) is 18.2 Å². The van der Waals surface area contributed by atoms with E-state index < -0.39 is 0 Å². The van der Waals surface area contributed by atoms with E-state index in [1.54, 1.807) is 13.3 Å². The van der Waals surface area contributed by atoms with Crippen LogP contribution in [-0.2, 0) is 13.2 Å². The summed E-state index contributed by atoms with van der Waals surface area (Å²) in [5.41, 5.74) is 6.11. The maximum absolute atomic E-state index is 5.98. The van der Waals surface area contributed by atoms with E-state index in [9.17, 15) is 0 Å². The van der Waals surface area contributed by atoms with Gasteiger partial charge in [-0.2, -0.15) is 5.10 Å². The van der Waals surface area contributed by atoms with Gasteiger partial charge < -0.3 is 14.9 Å². The molecule has 0 atom stereocenters. The number of para-hydroxylation sites is 1. The van der Waals surface area contributed by atoms with E-state index in [1.807, 2.05) is 72.8 Å². The summed E-state index contributed by atoms with van der Waals surface area (Å²) in [7, 11) is 1.66. The van der Waals surface area contributed by atoms with E-state index in [4.69, 9.17) is 21.1 Å². The van der Waals surface area contributed by atoms with Gasteiger partial charge >= 0.3 is 0 Å². The fourth-order valence-electron chi connectivity index (χ4n) is 2.54. The van der Waals surface area contributed by atoms with Crippen molar-refractivity contribution in [1.29, 1.82) is 0 Å². The van der Waals surface area contributed by atoms with Crippen LogP contribution >= 0.6 is 11.6 Å². The van der Waals surface area contributed by atoms with E-state index in [-0.39, 0.29) is 0 Å². The molecular weight excluding hydrogens is 360 g/mol. The van der Waals surface area contributed by atoms with Gasteiger partial charge in [-0.25, -0.2) is 0 Å². The van der Waals surface area contributed by atoms with Gasteiger partial charge in [0.2, 0.25) is 0 Å². The van der Waals surface area contributed by atoms with Crippen LogP contribution in [0.15, 0.2) is 77.9 Å². The van der Waals surface area contributed by atoms with Crippen LogP contribution in [-0.4, -0.2) is 13.3 Å². The Balaban J connectivity index is 1.49. The summed E-state index contributed by atoms with van der Waals surface area (Å²) >= 11 is 5.98. The minimum absolute atomic E-state index is 0.481. The summed E-state index contributed by atoms with van der Waals surface area (Å²) in [6.45, 7) is 1.08. The van der Waals surface area contributed by atoms with Crippen molar-refractivity contribution < 1.29 is 9.47 Å². The summed E-state index contributed by atoms with van der Waals surface area (Å²) in [6.07, 6.45) is 1.77. The molecule has 0 radical (unpaired) electrons. The van der Waals surface area contributed by atoms with E-state index in [2.05, 4.69) is 10.5 Å². The minimum atomic E-state index is 0.481. The molecule has 5 heteroatoms. The molecule has 4 nitrogen and oxygen atoms in total. The Bertz CT molecular complexity index is 895. The summed E-state index contributed by atoms with van der Waals surface area (Å²) in [4.78, 5) is 0. The van der Waals surface area contributed by atoms with Crippen molar-refractivity contribution >= 4 is 17.8 Å². The lowest BCUT2D eigenvalue weighted by molar-refractivity contribution is 0.306. The highest BCUT2D eigenvalue weighted by Gasteiger charge is 2.00. The first kappa shape index (κ1) is 18.8. The molecule has 138 valence electrons. The first-order valence-electron chi connectivity index (χ1n) is 8.60. The minimum Gasteiger partial charge on any atom is -0.496 e. The fourth-order valence-corrected chi connectivity index (χ4v) is 2.76. The quantitative estimate of drug-likeness (QED) is 0.439. The van der Waals surface area contributed by atoms with Crippen molar-refractivity contribution in [3.05, 3.63) is 94.5 Å². The number of halogens is 1. The second-order valence-corrected chi connectivity index (χ2v) is 6.33. The third-order valence-corrected chi connectivity index (χ3v) is 4.18. The Morgan fingerprint density at radius 2 is 1.81 bits per heavy atom. The first-order chi connectivity index (χ1) is 13.2. The molecule has 0 unspecified atom stereocenters. The van der Waals surface area contributed by atoms with Gasteiger partial charge in [0, 0.05) is 10.6 Å². The van der Waals surface area contributed by atoms with Gasteiger partial charge in [-0.1, -0.05) is 41.9 Å². The molecule has 0 aliphatic rings. The smallest absolute Gasteiger partial charge is 0.123 e. The number of nitrogens with zero attached hydrogens (tertiary/aromatic N) is 1. The van der Waals surface area contributed by atoms with Crippen LogP contribution in [0.25, 0.3) is 0 Å². The normalized spacial score (nSPS) is 10.7. The molecule has 3 rings (SSSR count). The zero-order valence-corrected chi connectivity index (χ0v) is 15.8. The SMILES string of the molecule is COc1ccccc1CN/N=C/c1ccc(OCc2cccc(Cl)c2)cc1. The number of benzene rings is 3. The van der Waals surface area contributed by atoms with E-state index >= 15 is 0 Å². The predicted molar refractivity (Wildman–Crippen MR) is 110 cm³/mol. The molecule has 0 aromatic heterocycles. The Kier molecular flexibility index (Phi) is 6.72. The molecule has 1 N–H and O–H groups in total. The highest BCUT2D eigenvalue weighted by atomic mass is 35.5. The molecule has 0 saturated carbocycles. The molecule has 0 saturated heterocycles. The monoisotopic (exact) mass is 380 g/mol. The van der Waals surface area contributed by atoms with Crippen LogP contribution in [0.5, 0.6) is 11.5 Å². The number of hydrogen-bond acceptors (Lipinski definition) is 4. The number of nitrogens with one attached hydrogen (secondary N) is 1. The number of hydrazone groups is 1. The standard InChI is InChI=1S/C22H21ClN2O2/c1-26-22-8-3-2-6-19(22)15-25-24-14-17-9-11-21(12-10-17)27-16-18-5-4-7-20(23)13-18/h2-14,25H,15-16H2,1H3/b24-14+. The van der Waals surface area contributed by atoms with Crippen molar-refractivity contribution in [3.8, 4) is 11.5 Å².